The molecule has 18 heavy (non-hydrogen) atoms. The second-order valence-corrected chi connectivity index (χ2v) is 4.90. The average molecular weight is 287 g/mol. The number of thioether (sulfide) groups is 1. The molecular weight excluding hydrogens is 279 g/mol. The molecule has 0 atom stereocenters. The van der Waals surface area contributed by atoms with Gasteiger partial charge in [0.05, 0.1) is 10.0 Å². The molecule has 0 unspecified atom stereocenters. The SMILES string of the molecule is O=c1[nH]cc(SCc2ccc(Cl)c(F)c2)[nH]c1=O. The maximum atomic E-state index is 13.2. The van der Waals surface area contributed by atoms with E-state index < -0.39 is 16.9 Å². The Kier molecular flexibility index (Phi) is 3.88. The molecule has 0 saturated carbocycles. The highest BCUT2D eigenvalue weighted by Gasteiger charge is 2.03. The molecule has 0 aliphatic heterocycles. The molecule has 2 aromatic rings. The second kappa shape index (κ2) is 5.41. The van der Waals surface area contributed by atoms with Crippen LogP contribution in [0.2, 0.25) is 5.02 Å². The Balaban J connectivity index is 2.11. The molecule has 0 spiro atoms. The van der Waals surface area contributed by atoms with Crippen LogP contribution in [0, 0.1) is 5.82 Å². The van der Waals surface area contributed by atoms with Crippen LogP contribution < -0.4 is 11.1 Å². The molecule has 0 amide bonds. The van der Waals surface area contributed by atoms with Gasteiger partial charge in [0.25, 0.3) is 0 Å². The van der Waals surface area contributed by atoms with E-state index in [-0.39, 0.29) is 5.02 Å². The Labute approximate surface area is 110 Å². The van der Waals surface area contributed by atoms with E-state index in [0.717, 1.165) is 5.56 Å². The summed E-state index contributed by atoms with van der Waals surface area (Å²) in [7, 11) is 0. The molecule has 0 aliphatic rings. The average Bonchev–Trinajstić information content (AvgIpc) is 2.35. The van der Waals surface area contributed by atoms with Crippen molar-refractivity contribution in [3.63, 3.8) is 0 Å². The molecule has 1 aromatic heterocycles. The first kappa shape index (κ1) is 12.9. The summed E-state index contributed by atoms with van der Waals surface area (Å²) in [5, 5.41) is 0.580. The van der Waals surface area contributed by atoms with Crippen molar-refractivity contribution in [3.8, 4) is 0 Å². The molecule has 2 N–H and O–H groups in total. The van der Waals surface area contributed by atoms with Gasteiger partial charge in [0.2, 0.25) is 0 Å². The van der Waals surface area contributed by atoms with Crippen LogP contribution in [0.3, 0.4) is 0 Å². The predicted molar refractivity (Wildman–Crippen MR) is 68.7 cm³/mol. The number of aromatic amines is 2. The van der Waals surface area contributed by atoms with E-state index >= 15 is 0 Å². The minimum atomic E-state index is -0.706. The zero-order chi connectivity index (χ0) is 13.1. The monoisotopic (exact) mass is 286 g/mol. The van der Waals surface area contributed by atoms with Gasteiger partial charge in [0.1, 0.15) is 5.82 Å². The Bertz CT molecular complexity index is 683. The molecule has 7 heteroatoms. The van der Waals surface area contributed by atoms with Crippen molar-refractivity contribution < 1.29 is 4.39 Å². The van der Waals surface area contributed by atoms with E-state index in [1.165, 1.54) is 30.1 Å². The van der Waals surface area contributed by atoms with Gasteiger partial charge in [0.15, 0.2) is 0 Å². The minimum Gasteiger partial charge on any atom is -0.322 e. The first-order chi connectivity index (χ1) is 8.56. The fourth-order valence-corrected chi connectivity index (χ4v) is 2.20. The molecule has 0 aliphatic carbocycles. The lowest BCUT2D eigenvalue weighted by molar-refractivity contribution is 0.627. The van der Waals surface area contributed by atoms with Crippen LogP contribution in [0.15, 0.2) is 39.0 Å². The summed E-state index contributed by atoms with van der Waals surface area (Å²) in [6.45, 7) is 0. The number of aromatic nitrogens is 2. The lowest BCUT2D eigenvalue weighted by Crippen LogP contribution is -2.28. The summed E-state index contributed by atoms with van der Waals surface area (Å²) in [6.07, 6.45) is 1.40. The summed E-state index contributed by atoms with van der Waals surface area (Å²) in [5.41, 5.74) is -0.673. The van der Waals surface area contributed by atoms with Crippen molar-refractivity contribution in [1.82, 2.24) is 9.97 Å². The van der Waals surface area contributed by atoms with Gasteiger partial charge < -0.3 is 9.97 Å². The third kappa shape index (κ3) is 3.02. The normalized spacial score (nSPS) is 10.6. The van der Waals surface area contributed by atoms with Gasteiger partial charge >= 0.3 is 11.1 Å². The molecule has 1 heterocycles. The largest absolute Gasteiger partial charge is 0.322 e. The Morgan fingerprint density at radius 1 is 1.28 bits per heavy atom. The van der Waals surface area contributed by atoms with Crippen LogP contribution >= 0.6 is 23.4 Å². The zero-order valence-electron chi connectivity index (χ0n) is 9.00. The first-order valence-corrected chi connectivity index (χ1v) is 6.31. The van der Waals surface area contributed by atoms with Crippen molar-refractivity contribution in [3.05, 3.63) is 61.5 Å². The van der Waals surface area contributed by atoms with Crippen molar-refractivity contribution in [2.24, 2.45) is 0 Å². The standard InChI is InChI=1S/C11H8ClFN2O2S/c12-7-2-1-6(3-8(7)13)5-18-9-4-14-10(16)11(17)15-9/h1-4H,5H2,(H,14,16)(H,15,17). The second-order valence-electron chi connectivity index (χ2n) is 3.47. The summed E-state index contributed by atoms with van der Waals surface area (Å²) in [5.74, 6) is -0.0273. The summed E-state index contributed by atoms with van der Waals surface area (Å²) < 4.78 is 13.2. The number of hydrogen-bond donors (Lipinski definition) is 2. The quantitative estimate of drug-likeness (QED) is 0.671. The number of benzene rings is 1. The van der Waals surface area contributed by atoms with Gasteiger partial charge in [-0.2, -0.15) is 0 Å². The molecule has 0 fully saturated rings. The van der Waals surface area contributed by atoms with E-state index in [9.17, 15) is 14.0 Å². The van der Waals surface area contributed by atoms with Crippen LogP contribution in [-0.2, 0) is 5.75 Å². The number of hydrogen-bond acceptors (Lipinski definition) is 3. The molecule has 1 aromatic carbocycles. The van der Waals surface area contributed by atoms with Crippen molar-refractivity contribution in [1.29, 1.82) is 0 Å². The molecular formula is C11H8ClFN2O2S. The lowest BCUT2D eigenvalue weighted by Gasteiger charge is -2.02. The van der Waals surface area contributed by atoms with Crippen LogP contribution in [0.5, 0.6) is 0 Å². The third-order valence-corrected chi connectivity index (χ3v) is 3.47. The lowest BCUT2D eigenvalue weighted by atomic mass is 10.2. The van der Waals surface area contributed by atoms with Gasteiger partial charge in [-0.1, -0.05) is 17.7 Å². The highest BCUT2D eigenvalue weighted by molar-refractivity contribution is 7.98. The number of H-pyrrole nitrogens is 2. The maximum absolute atomic E-state index is 13.2. The van der Waals surface area contributed by atoms with Crippen molar-refractivity contribution in [2.75, 3.05) is 0 Å². The highest BCUT2D eigenvalue weighted by Crippen LogP contribution is 2.22. The third-order valence-electron chi connectivity index (χ3n) is 2.16. The summed E-state index contributed by atoms with van der Waals surface area (Å²) >= 11 is 6.84. The number of rotatable bonds is 3. The topological polar surface area (TPSA) is 65.7 Å². The highest BCUT2D eigenvalue weighted by atomic mass is 35.5. The first-order valence-electron chi connectivity index (χ1n) is 4.95. The van der Waals surface area contributed by atoms with Gasteiger partial charge in [0, 0.05) is 11.9 Å². The molecule has 4 nitrogen and oxygen atoms in total. The van der Waals surface area contributed by atoms with Gasteiger partial charge in [-0.3, -0.25) is 9.59 Å². The molecule has 0 saturated heterocycles. The van der Waals surface area contributed by atoms with E-state index in [1.807, 2.05) is 0 Å². The van der Waals surface area contributed by atoms with E-state index in [1.54, 1.807) is 6.07 Å². The maximum Gasteiger partial charge on any atom is 0.314 e. The van der Waals surface area contributed by atoms with Crippen molar-refractivity contribution >= 4 is 23.4 Å². The summed E-state index contributed by atoms with van der Waals surface area (Å²) in [6, 6.07) is 4.50. The zero-order valence-corrected chi connectivity index (χ0v) is 10.6. The fraction of sp³-hybridized carbons (Fsp3) is 0.0909. The molecule has 0 bridgehead atoms. The molecule has 0 radical (unpaired) electrons. The van der Waals surface area contributed by atoms with Crippen LogP contribution in [0.25, 0.3) is 0 Å². The van der Waals surface area contributed by atoms with E-state index in [4.69, 9.17) is 11.6 Å². The van der Waals surface area contributed by atoms with Gasteiger partial charge in [-0.15, -0.1) is 11.8 Å². The Morgan fingerprint density at radius 2 is 2.06 bits per heavy atom. The van der Waals surface area contributed by atoms with E-state index in [2.05, 4.69) is 9.97 Å². The summed E-state index contributed by atoms with van der Waals surface area (Å²) in [4.78, 5) is 26.6. The van der Waals surface area contributed by atoms with Crippen molar-refractivity contribution in [2.45, 2.75) is 10.8 Å². The van der Waals surface area contributed by atoms with E-state index in [0.29, 0.717) is 10.8 Å². The van der Waals surface area contributed by atoms with Crippen LogP contribution in [0.1, 0.15) is 5.56 Å². The minimum absolute atomic E-state index is 0.0706. The number of nitrogens with one attached hydrogen (secondary N) is 2. The Hall–Kier alpha value is -1.53. The molecule has 94 valence electrons. The smallest absolute Gasteiger partial charge is 0.314 e. The number of halogens is 2. The van der Waals surface area contributed by atoms with Gasteiger partial charge in [-0.25, -0.2) is 4.39 Å². The van der Waals surface area contributed by atoms with Crippen LogP contribution in [0.4, 0.5) is 4.39 Å². The molecule has 2 rings (SSSR count). The van der Waals surface area contributed by atoms with Gasteiger partial charge in [-0.05, 0) is 17.7 Å². The predicted octanol–water partition coefficient (Wildman–Crippen LogP) is 2.15. The van der Waals surface area contributed by atoms with Crippen LogP contribution in [-0.4, -0.2) is 9.97 Å². The fourth-order valence-electron chi connectivity index (χ4n) is 1.27. The Morgan fingerprint density at radius 3 is 2.72 bits per heavy atom.